The third kappa shape index (κ3) is 3.20. The van der Waals surface area contributed by atoms with Crippen molar-refractivity contribution < 1.29 is 4.79 Å². The van der Waals surface area contributed by atoms with Crippen molar-refractivity contribution in [2.45, 2.75) is 38.6 Å². The van der Waals surface area contributed by atoms with E-state index in [1.54, 1.807) is 0 Å². The number of halogens is 1. The molecule has 0 atom stereocenters. The van der Waals surface area contributed by atoms with Gasteiger partial charge in [0, 0.05) is 0 Å². The first-order valence-corrected chi connectivity index (χ1v) is 8.29. The fraction of sp³-hybridized carbons (Fsp3) is 0.316. The predicted molar refractivity (Wildman–Crippen MR) is 95.1 cm³/mol. The number of anilines is 1. The minimum Gasteiger partial charge on any atom is -0.328 e. The first kappa shape index (κ1) is 15.9. The molecule has 0 spiro atoms. The monoisotopic (exact) mass is 328 g/mol. The number of carbonyl (C=O) groups is 1. The number of urea groups is 1. The maximum absolute atomic E-state index is 12.5. The molecule has 23 heavy (non-hydrogen) atoms. The first-order valence-electron chi connectivity index (χ1n) is 7.92. The van der Waals surface area contributed by atoms with Crippen LogP contribution < -0.4 is 10.6 Å². The van der Waals surface area contributed by atoms with Crippen LogP contribution in [-0.4, -0.2) is 6.03 Å². The van der Waals surface area contributed by atoms with Gasteiger partial charge in [0.1, 0.15) is 0 Å². The van der Waals surface area contributed by atoms with E-state index < -0.39 is 0 Å². The normalized spacial score (nSPS) is 15.6. The number of carbonyl (C=O) groups excluding carboxylic acids is 1. The number of amides is 2. The van der Waals surface area contributed by atoms with E-state index in [9.17, 15) is 4.79 Å². The van der Waals surface area contributed by atoms with Gasteiger partial charge < -0.3 is 10.6 Å². The van der Waals surface area contributed by atoms with Gasteiger partial charge in [-0.2, -0.15) is 0 Å². The summed E-state index contributed by atoms with van der Waals surface area (Å²) < 4.78 is 0. The van der Waals surface area contributed by atoms with Crippen LogP contribution in [0.4, 0.5) is 10.5 Å². The Kier molecular flexibility index (Phi) is 4.31. The van der Waals surface area contributed by atoms with Crippen molar-refractivity contribution in [1.29, 1.82) is 0 Å². The minimum atomic E-state index is -0.254. The lowest BCUT2D eigenvalue weighted by Gasteiger charge is -2.43. The molecule has 1 aliphatic rings. The highest BCUT2D eigenvalue weighted by molar-refractivity contribution is 6.34. The van der Waals surface area contributed by atoms with Gasteiger partial charge in [-0.3, -0.25) is 0 Å². The average molecular weight is 329 g/mol. The zero-order valence-corrected chi connectivity index (χ0v) is 14.2. The highest BCUT2D eigenvalue weighted by atomic mass is 35.5. The van der Waals surface area contributed by atoms with E-state index in [1.807, 2.05) is 44.2 Å². The lowest BCUT2D eigenvalue weighted by molar-refractivity contribution is 0.185. The van der Waals surface area contributed by atoms with Crippen LogP contribution in [0.15, 0.2) is 42.5 Å². The molecule has 0 aromatic heterocycles. The summed E-state index contributed by atoms with van der Waals surface area (Å²) in [5, 5.41) is 6.64. The molecule has 3 rings (SSSR count). The number of hydrogen-bond donors (Lipinski definition) is 2. The summed E-state index contributed by atoms with van der Waals surface area (Å²) in [6.45, 7) is 3.94. The van der Waals surface area contributed by atoms with Gasteiger partial charge in [-0.15, -0.1) is 0 Å². The molecule has 0 unspecified atom stereocenters. The molecule has 0 aliphatic heterocycles. The summed E-state index contributed by atoms with van der Waals surface area (Å²) in [6, 6.07) is 13.8. The van der Waals surface area contributed by atoms with E-state index in [2.05, 4.69) is 22.8 Å². The summed E-state index contributed by atoms with van der Waals surface area (Å²) in [7, 11) is 0. The Morgan fingerprint density at radius 2 is 1.83 bits per heavy atom. The van der Waals surface area contributed by atoms with Gasteiger partial charge in [0.05, 0.1) is 16.2 Å². The lowest BCUT2D eigenvalue weighted by atomic mass is 9.72. The van der Waals surface area contributed by atoms with Crippen LogP contribution in [-0.2, 0) is 5.54 Å². The molecule has 1 aliphatic carbocycles. The van der Waals surface area contributed by atoms with Gasteiger partial charge in [-0.25, -0.2) is 4.79 Å². The van der Waals surface area contributed by atoms with Gasteiger partial charge in [-0.1, -0.05) is 48.0 Å². The highest BCUT2D eigenvalue weighted by Crippen LogP contribution is 2.41. The maximum atomic E-state index is 12.5. The molecule has 2 aromatic rings. The summed E-state index contributed by atoms with van der Waals surface area (Å²) in [5.74, 6) is 0. The zero-order chi connectivity index (χ0) is 16.4. The molecule has 1 saturated carbocycles. The van der Waals surface area contributed by atoms with Crippen molar-refractivity contribution >= 4 is 23.3 Å². The van der Waals surface area contributed by atoms with E-state index >= 15 is 0 Å². The van der Waals surface area contributed by atoms with Gasteiger partial charge in [-0.05, 0) is 55.9 Å². The van der Waals surface area contributed by atoms with E-state index in [0.29, 0.717) is 10.7 Å². The molecule has 120 valence electrons. The Balaban J connectivity index is 1.77. The SMILES string of the molecule is Cc1cc(C)c(NC(=O)NC2(c3ccccc3)CCC2)c(Cl)c1. The van der Waals surface area contributed by atoms with Crippen LogP contribution in [0, 0.1) is 13.8 Å². The Hall–Kier alpha value is -2.00. The number of hydrogen-bond acceptors (Lipinski definition) is 1. The Labute approximate surface area is 142 Å². The molecule has 0 saturated heterocycles. The van der Waals surface area contributed by atoms with Gasteiger partial charge in [0.2, 0.25) is 0 Å². The summed E-state index contributed by atoms with van der Waals surface area (Å²) in [5.41, 5.74) is 3.63. The second-order valence-electron chi connectivity index (χ2n) is 6.32. The van der Waals surface area contributed by atoms with Crippen LogP contribution in [0.3, 0.4) is 0 Å². The molecular weight excluding hydrogens is 308 g/mol. The van der Waals surface area contributed by atoms with Crippen molar-refractivity contribution in [1.82, 2.24) is 5.32 Å². The fourth-order valence-electron chi connectivity index (χ4n) is 3.21. The standard InChI is InChI=1S/C19H21ClN2O/c1-13-11-14(2)17(16(20)12-13)21-18(23)22-19(9-6-10-19)15-7-4-3-5-8-15/h3-5,7-8,11-12H,6,9-10H2,1-2H3,(H2,21,22,23). The molecular formula is C19H21ClN2O. The van der Waals surface area contributed by atoms with Crippen molar-refractivity contribution in [3.63, 3.8) is 0 Å². The van der Waals surface area contributed by atoms with Gasteiger partial charge in [0.15, 0.2) is 0 Å². The largest absolute Gasteiger partial charge is 0.328 e. The Bertz CT molecular complexity index is 700. The lowest BCUT2D eigenvalue weighted by Crippen LogP contribution is -2.52. The van der Waals surface area contributed by atoms with Crippen molar-refractivity contribution in [2.75, 3.05) is 5.32 Å². The number of nitrogens with one attached hydrogen (secondary N) is 2. The van der Waals surface area contributed by atoms with E-state index in [1.165, 1.54) is 0 Å². The fourth-order valence-corrected chi connectivity index (χ4v) is 3.58. The van der Waals surface area contributed by atoms with Crippen molar-refractivity contribution in [3.8, 4) is 0 Å². The third-order valence-corrected chi connectivity index (χ3v) is 4.85. The van der Waals surface area contributed by atoms with E-state index in [-0.39, 0.29) is 11.6 Å². The summed E-state index contributed by atoms with van der Waals surface area (Å²) >= 11 is 6.27. The third-order valence-electron chi connectivity index (χ3n) is 4.56. The predicted octanol–water partition coefficient (Wildman–Crippen LogP) is 5.16. The van der Waals surface area contributed by atoms with Crippen molar-refractivity contribution in [3.05, 3.63) is 64.2 Å². The molecule has 2 N–H and O–H groups in total. The minimum absolute atomic E-state index is 0.206. The average Bonchev–Trinajstić information content (AvgIpc) is 2.47. The van der Waals surface area contributed by atoms with Gasteiger partial charge >= 0.3 is 6.03 Å². The maximum Gasteiger partial charge on any atom is 0.319 e. The highest BCUT2D eigenvalue weighted by Gasteiger charge is 2.40. The number of benzene rings is 2. The summed E-state index contributed by atoms with van der Waals surface area (Å²) in [6.07, 6.45) is 3.05. The van der Waals surface area contributed by atoms with Crippen LogP contribution in [0.5, 0.6) is 0 Å². The van der Waals surface area contributed by atoms with Crippen LogP contribution in [0.1, 0.15) is 36.0 Å². The second-order valence-corrected chi connectivity index (χ2v) is 6.73. The van der Waals surface area contributed by atoms with Crippen molar-refractivity contribution in [2.24, 2.45) is 0 Å². The van der Waals surface area contributed by atoms with E-state index in [4.69, 9.17) is 11.6 Å². The molecule has 3 nitrogen and oxygen atoms in total. The Morgan fingerprint density at radius 1 is 1.13 bits per heavy atom. The smallest absolute Gasteiger partial charge is 0.319 e. The number of aryl methyl sites for hydroxylation is 2. The van der Waals surface area contributed by atoms with Crippen LogP contribution in [0.25, 0.3) is 0 Å². The zero-order valence-electron chi connectivity index (χ0n) is 13.4. The molecule has 4 heteroatoms. The Morgan fingerprint density at radius 3 is 2.39 bits per heavy atom. The topological polar surface area (TPSA) is 41.1 Å². The van der Waals surface area contributed by atoms with Crippen LogP contribution >= 0.6 is 11.6 Å². The summed E-state index contributed by atoms with van der Waals surface area (Å²) in [4.78, 5) is 12.5. The molecule has 0 heterocycles. The molecule has 2 aromatic carbocycles. The van der Waals surface area contributed by atoms with Crippen LogP contribution in [0.2, 0.25) is 5.02 Å². The molecule has 0 bridgehead atoms. The van der Waals surface area contributed by atoms with E-state index in [0.717, 1.165) is 36.0 Å². The molecule has 1 fully saturated rings. The number of rotatable bonds is 3. The quantitative estimate of drug-likeness (QED) is 0.803. The first-order chi connectivity index (χ1) is 11.0. The second kappa shape index (κ2) is 6.25. The molecule has 0 radical (unpaired) electrons. The molecule has 2 amide bonds. The van der Waals surface area contributed by atoms with Gasteiger partial charge in [0.25, 0.3) is 0 Å².